The highest BCUT2D eigenvalue weighted by molar-refractivity contribution is 7.13. The third kappa shape index (κ3) is 5.35. The molecule has 27 heavy (non-hydrogen) atoms. The predicted octanol–water partition coefficient (Wildman–Crippen LogP) is 4.69. The molecule has 0 radical (unpaired) electrons. The molecule has 0 saturated carbocycles. The van der Waals surface area contributed by atoms with Crippen LogP contribution in [0.15, 0.2) is 53.9 Å². The van der Waals surface area contributed by atoms with Gasteiger partial charge in [0.05, 0.1) is 5.69 Å². The highest BCUT2D eigenvalue weighted by atomic mass is 32.1. The standard InChI is InChI=1S/C20H23N5OS/c1-3-25(4-2)13-16-11-8-12-17(21-16)23-20(26)24-18-14-27-19(22-18)15-9-6-5-7-10-15/h5-12,14H,3-4,13H2,1-2H3,(H2,21,23,24,26). The van der Waals surface area contributed by atoms with Crippen LogP contribution in [0.2, 0.25) is 0 Å². The van der Waals surface area contributed by atoms with Crippen molar-refractivity contribution in [3.8, 4) is 10.6 Å². The second-order valence-electron chi connectivity index (χ2n) is 5.96. The molecule has 2 heterocycles. The summed E-state index contributed by atoms with van der Waals surface area (Å²) in [6.07, 6.45) is 0. The van der Waals surface area contributed by atoms with Crippen LogP contribution in [0, 0.1) is 0 Å². The second kappa shape index (κ2) is 9.25. The molecule has 0 bridgehead atoms. The van der Waals surface area contributed by atoms with Gasteiger partial charge in [0, 0.05) is 17.5 Å². The van der Waals surface area contributed by atoms with Crippen LogP contribution in [-0.4, -0.2) is 34.0 Å². The summed E-state index contributed by atoms with van der Waals surface area (Å²) in [7, 11) is 0. The monoisotopic (exact) mass is 381 g/mol. The summed E-state index contributed by atoms with van der Waals surface area (Å²) in [5.41, 5.74) is 1.96. The minimum Gasteiger partial charge on any atom is -0.298 e. The van der Waals surface area contributed by atoms with Crippen molar-refractivity contribution in [2.24, 2.45) is 0 Å². The Bertz CT molecular complexity index is 877. The Hall–Kier alpha value is -2.77. The maximum atomic E-state index is 12.3. The summed E-state index contributed by atoms with van der Waals surface area (Å²) < 4.78 is 0. The molecule has 2 aromatic heterocycles. The van der Waals surface area contributed by atoms with Gasteiger partial charge in [0.25, 0.3) is 0 Å². The molecule has 0 aliphatic heterocycles. The third-order valence-corrected chi connectivity index (χ3v) is 4.99. The number of thiazole rings is 1. The van der Waals surface area contributed by atoms with Gasteiger partial charge in [0.1, 0.15) is 16.6 Å². The maximum absolute atomic E-state index is 12.3. The number of nitrogens with zero attached hydrogens (tertiary/aromatic N) is 3. The van der Waals surface area contributed by atoms with Gasteiger partial charge in [-0.25, -0.2) is 14.8 Å². The van der Waals surface area contributed by atoms with Crippen LogP contribution in [0.5, 0.6) is 0 Å². The summed E-state index contributed by atoms with van der Waals surface area (Å²) in [5.74, 6) is 1.05. The number of rotatable bonds is 7. The summed E-state index contributed by atoms with van der Waals surface area (Å²) >= 11 is 1.49. The van der Waals surface area contributed by atoms with E-state index < -0.39 is 0 Å². The smallest absolute Gasteiger partial charge is 0.298 e. The number of anilines is 2. The Morgan fingerprint density at radius 3 is 2.44 bits per heavy atom. The van der Waals surface area contributed by atoms with Crippen LogP contribution in [-0.2, 0) is 6.54 Å². The fourth-order valence-electron chi connectivity index (χ4n) is 2.62. The second-order valence-corrected chi connectivity index (χ2v) is 6.82. The van der Waals surface area contributed by atoms with Crippen LogP contribution in [0.4, 0.5) is 16.4 Å². The normalized spacial score (nSPS) is 10.8. The van der Waals surface area contributed by atoms with Crippen LogP contribution >= 0.6 is 11.3 Å². The van der Waals surface area contributed by atoms with E-state index in [-0.39, 0.29) is 6.03 Å². The van der Waals surface area contributed by atoms with Crippen LogP contribution in [0.1, 0.15) is 19.5 Å². The van der Waals surface area contributed by atoms with Gasteiger partial charge in [-0.15, -0.1) is 11.3 Å². The average Bonchev–Trinajstić information content (AvgIpc) is 3.15. The first kappa shape index (κ1) is 19.0. The van der Waals surface area contributed by atoms with E-state index in [4.69, 9.17) is 0 Å². The SMILES string of the molecule is CCN(CC)Cc1cccc(NC(=O)Nc2csc(-c3ccccc3)n2)n1. The topological polar surface area (TPSA) is 70.2 Å². The van der Waals surface area contributed by atoms with Gasteiger partial charge < -0.3 is 0 Å². The van der Waals surface area contributed by atoms with Gasteiger partial charge in [0.15, 0.2) is 0 Å². The van der Waals surface area contributed by atoms with E-state index >= 15 is 0 Å². The zero-order valence-corrected chi connectivity index (χ0v) is 16.3. The number of pyridine rings is 1. The summed E-state index contributed by atoms with van der Waals surface area (Å²) in [4.78, 5) is 23.5. The van der Waals surface area contributed by atoms with Crippen molar-refractivity contribution in [3.05, 3.63) is 59.6 Å². The first-order valence-corrected chi connectivity index (χ1v) is 9.83. The number of aromatic nitrogens is 2. The number of carbonyl (C=O) groups is 1. The van der Waals surface area contributed by atoms with E-state index in [0.29, 0.717) is 11.6 Å². The van der Waals surface area contributed by atoms with Gasteiger partial charge in [-0.05, 0) is 25.2 Å². The summed E-state index contributed by atoms with van der Waals surface area (Å²) in [5, 5.41) is 8.23. The number of carbonyl (C=O) groups excluding carboxylic acids is 1. The highest BCUT2D eigenvalue weighted by Crippen LogP contribution is 2.25. The van der Waals surface area contributed by atoms with E-state index in [1.54, 1.807) is 6.07 Å². The van der Waals surface area contributed by atoms with Crippen molar-refractivity contribution in [3.63, 3.8) is 0 Å². The van der Waals surface area contributed by atoms with E-state index in [2.05, 4.69) is 39.3 Å². The molecule has 0 fully saturated rings. The van der Waals surface area contributed by atoms with Crippen LogP contribution < -0.4 is 10.6 Å². The number of hydrogen-bond acceptors (Lipinski definition) is 5. The van der Waals surface area contributed by atoms with Crippen LogP contribution in [0.3, 0.4) is 0 Å². The Kier molecular flexibility index (Phi) is 6.51. The lowest BCUT2D eigenvalue weighted by Gasteiger charge is -2.17. The molecule has 2 N–H and O–H groups in total. The van der Waals surface area contributed by atoms with Crippen molar-refractivity contribution in [2.75, 3.05) is 23.7 Å². The molecule has 0 unspecified atom stereocenters. The molecule has 3 rings (SSSR count). The molecule has 6 nitrogen and oxygen atoms in total. The number of benzene rings is 1. The fourth-order valence-corrected chi connectivity index (χ4v) is 3.38. The Morgan fingerprint density at radius 1 is 0.963 bits per heavy atom. The maximum Gasteiger partial charge on any atom is 0.326 e. The fraction of sp³-hybridized carbons (Fsp3) is 0.250. The number of urea groups is 1. The van der Waals surface area contributed by atoms with E-state index in [1.165, 1.54) is 11.3 Å². The third-order valence-electron chi connectivity index (χ3n) is 4.09. The minimum atomic E-state index is -0.354. The van der Waals surface area contributed by atoms with Gasteiger partial charge in [-0.1, -0.05) is 50.2 Å². The molecule has 140 valence electrons. The number of nitrogens with one attached hydrogen (secondary N) is 2. The summed E-state index contributed by atoms with van der Waals surface area (Å²) in [6, 6.07) is 15.2. The molecule has 0 aliphatic rings. The lowest BCUT2D eigenvalue weighted by atomic mass is 10.2. The van der Waals surface area contributed by atoms with Gasteiger partial charge in [-0.3, -0.25) is 15.5 Å². The van der Waals surface area contributed by atoms with Crippen molar-refractivity contribution < 1.29 is 4.79 Å². The highest BCUT2D eigenvalue weighted by Gasteiger charge is 2.09. The number of amides is 2. The molecule has 0 saturated heterocycles. The molecule has 0 atom stereocenters. The quantitative estimate of drug-likeness (QED) is 0.623. The van der Waals surface area contributed by atoms with Gasteiger partial charge in [0.2, 0.25) is 0 Å². The summed E-state index contributed by atoms with van der Waals surface area (Å²) in [6.45, 7) is 6.93. The first-order chi connectivity index (χ1) is 13.2. The molecule has 3 aromatic rings. The van der Waals surface area contributed by atoms with E-state index in [0.717, 1.165) is 35.9 Å². The molecule has 7 heteroatoms. The molecule has 0 spiro atoms. The average molecular weight is 382 g/mol. The molecule has 1 aromatic carbocycles. The largest absolute Gasteiger partial charge is 0.326 e. The Morgan fingerprint density at radius 2 is 1.70 bits per heavy atom. The molecular weight excluding hydrogens is 358 g/mol. The van der Waals surface area contributed by atoms with Crippen molar-refractivity contribution in [2.45, 2.75) is 20.4 Å². The zero-order valence-electron chi connectivity index (χ0n) is 15.5. The predicted molar refractivity (Wildman–Crippen MR) is 111 cm³/mol. The lowest BCUT2D eigenvalue weighted by Crippen LogP contribution is -2.23. The lowest BCUT2D eigenvalue weighted by molar-refractivity contribution is 0.262. The van der Waals surface area contributed by atoms with Crippen LogP contribution in [0.25, 0.3) is 10.6 Å². The Labute approximate surface area is 163 Å². The van der Waals surface area contributed by atoms with Crippen molar-refractivity contribution in [1.29, 1.82) is 0 Å². The van der Waals surface area contributed by atoms with E-state index in [9.17, 15) is 4.79 Å². The zero-order chi connectivity index (χ0) is 19.1. The van der Waals surface area contributed by atoms with Gasteiger partial charge in [-0.2, -0.15) is 0 Å². The van der Waals surface area contributed by atoms with Gasteiger partial charge >= 0.3 is 6.03 Å². The Balaban J connectivity index is 1.60. The molecular formula is C20H23N5OS. The molecule has 2 amide bonds. The first-order valence-electron chi connectivity index (χ1n) is 8.95. The van der Waals surface area contributed by atoms with Crippen molar-refractivity contribution in [1.82, 2.24) is 14.9 Å². The minimum absolute atomic E-state index is 0.354. The van der Waals surface area contributed by atoms with Crippen molar-refractivity contribution >= 4 is 29.0 Å². The number of hydrogen-bond donors (Lipinski definition) is 2. The van der Waals surface area contributed by atoms with E-state index in [1.807, 2.05) is 47.8 Å². The molecule has 0 aliphatic carbocycles.